The van der Waals surface area contributed by atoms with Crippen LogP contribution in [0.2, 0.25) is 0 Å². The Labute approximate surface area is 352 Å². The van der Waals surface area contributed by atoms with Crippen molar-refractivity contribution in [1.29, 1.82) is 15.8 Å². The zero-order valence-corrected chi connectivity index (χ0v) is 32.7. The summed E-state index contributed by atoms with van der Waals surface area (Å²) in [5, 5.41) is 31.9. The molecule has 8 aromatic carbocycles. The fourth-order valence-electron chi connectivity index (χ4n) is 8.18. The monoisotopic (exact) mass is 776 g/mol. The third-order valence-electron chi connectivity index (χ3n) is 11.1. The van der Waals surface area contributed by atoms with E-state index in [4.69, 9.17) is 9.97 Å². The first-order chi connectivity index (χ1) is 30.1. The normalized spacial score (nSPS) is 10.9. The number of para-hydroxylation sites is 1. The van der Waals surface area contributed by atoms with Crippen molar-refractivity contribution in [3.63, 3.8) is 0 Å². The summed E-state index contributed by atoms with van der Waals surface area (Å²) in [6.07, 6.45) is 0. The van der Waals surface area contributed by atoms with Crippen LogP contribution in [0.5, 0.6) is 0 Å². The van der Waals surface area contributed by atoms with Crippen molar-refractivity contribution in [1.82, 2.24) is 14.5 Å². The fraction of sp³-hybridized carbons (Fsp3) is 0. The maximum absolute atomic E-state index is 10.2. The number of rotatable bonds is 7. The van der Waals surface area contributed by atoms with Gasteiger partial charge in [-0.2, -0.15) is 15.8 Å². The van der Waals surface area contributed by atoms with E-state index in [1.54, 1.807) is 0 Å². The van der Waals surface area contributed by atoms with Crippen molar-refractivity contribution in [2.24, 2.45) is 0 Å². The van der Waals surface area contributed by atoms with Gasteiger partial charge in [0.25, 0.3) is 0 Å². The largest absolute Gasteiger partial charge is 0.308 e. The lowest BCUT2D eigenvalue weighted by Crippen LogP contribution is -2.03. The second-order valence-electron chi connectivity index (χ2n) is 14.8. The van der Waals surface area contributed by atoms with Gasteiger partial charge in [-0.05, 0) is 95.1 Å². The van der Waals surface area contributed by atoms with Gasteiger partial charge in [-0.25, -0.2) is 9.97 Å². The van der Waals surface area contributed by atoms with Crippen molar-refractivity contribution < 1.29 is 0 Å². The van der Waals surface area contributed by atoms with Crippen molar-refractivity contribution in [3.8, 4) is 91.2 Å². The zero-order chi connectivity index (χ0) is 41.3. The van der Waals surface area contributed by atoms with Crippen LogP contribution in [0.25, 0.3) is 94.8 Å². The summed E-state index contributed by atoms with van der Waals surface area (Å²) in [6.45, 7) is 0. The van der Waals surface area contributed by atoms with E-state index in [-0.39, 0.29) is 0 Å². The molecule has 0 spiro atoms. The lowest BCUT2D eigenvalue weighted by molar-refractivity contribution is 1.17. The van der Waals surface area contributed by atoms with Gasteiger partial charge in [0.1, 0.15) is 0 Å². The van der Waals surface area contributed by atoms with Crippen molar-refractivity contribution in [3.05, 3.63) is 211 Å². The van der Waals surface area contributed by atoms with E-state index in [1.807, 2.05) is 121 Å². The second kappa shape index (κ2) is 15.5. The zero-order valence-electron chi connectivity index (χ0n) is 32.7. The molecule has 0 radical (unpaired) electrons. The molecule has 2 aromatic heterocycles. The molecule has 61 heavy (non-hydrogen) atoms. The maximum Gasteiger partial charge on any atom is 0.160 e. The molecule has 0 aliphatic heterocycles. The number of nitriles is 3. The van der Waals surface area contributed by atoms with Gasteiger partial charge in [-0.3, -0.25) is 0 Å². The average Bonchev–Trinajstić information content (AvgIpc) is 3.67. The van der Waals surface area contributed by atoms with E-state index in [0.717, 1.165) is 89.0 Å². The van der Waals surface area contributed by atoms with Gasteiger partial charge in [0.2, 0.25) is 0 Å². The topological polar surface area (TPSA) is 102 Å². The summed E-state index contributed by atoms with van der Waals surface area (Å²) in [6, 6.07) is 71.3. The fourth-order valence-corrected chi connectivity index (χ4v) is 8.18. The number of hydrogen-bond acceptors (Lipinski definition) is 5. The van der Waals surface area contributed by atoms with Gasteiger partial charge >= 0.3 is 0 Å². The second-order valence-corrected chi connectivity index (χ2v) is 14.8. The maximum atomic E-state index is 10.2. The quantitative estimate of drug-likeness (QED) is 0.160. The van der Waals surface area contributed by atoms with Crippen LogP contribution in [0.4, 0.5) is 0 Å². The van der Waals surface area contributed by atoms with Crippen molar-refractivity contribution >= 4 is 21.8 Å². The van der Waals surface area contributed by atoms with E-state index >= 15 is 0 Å². The SMILES string of the molecule is N#Cc1ccc(-c2ccc3c(c2)c2ccccc2n3-c2c(-c3cccc(C#N)c3)cc(-c3nc(-c4ccccc4)cc(-c4ccccc4)n3)cc2-c2cccc(C#N)c2)cc1. The van der Waals surface area contributed by atoms with E-state index in [2.05, 4.69) is 95.6 Å². The van der Waals surface area contributed by atoms with Crippen LogP contribution < -0.4 is 0 Å². The standard InChI is InChI=1S/C55H32N6/c56-33-36-21-23-39(24-22-36)42-25-26-53-49(29-42)46-19-7-8-20-52(46)61(53)54-47(43-17-9-11-37(27-43)34-57)30-45(31-48(54)44-18-10-12-38(28-44)35-58)55-59-50(40-13-3-1-4-14-40)32-51(60-55)41-15-5-2-6-16-41/h1-32H. The molecule has 0 amide bonds. The van der Waals surface area contributed by atoms with Gasteiger partial charge in [-0.15, -0.1) is 0 Å². The van der Waals surface area contributed by atoms with Crippen LogP contribution in [0.1, 0.15) is 16.7 Å². The van der Waals surface area contributed by atoms with Crippen LogP contribution in [-0.4, -0.2) is 14.5 Å². The number of hydrogen-bond donors (Lipinski definition) is 0. The molecule has 0 aliphatic rings. The predicted octanol–water partition coefficient (Wildman–Crippen LogP) is 13.2. The van der Waals surface area contributed by atoms with Crippen LogP contribution in [0.15, 0.2) is 194 Å². The van der Waals surface area contributed by atoms with Crippen LogP contribution in [-0.2, 0) is 0 Å². The van der Waals surface area contributed by atoms with Gasteiger partial charge < -0.3 is 4.57 Å². The first-order valence-electron chi connectivity index (χ1n) is 19.8. The highest BCUT2D eigenvalue weighted by Crippen LogP contribution is 2.45. The summed E-state index contributed by atoms with van der Waals surface area (Å²) in [4.78, 5) is 10.5. The molecule has 10 aromatic rings. The highest BCUT2D eigenvalue weighted by atomic mass is 15.0. The minimum Gasteiger partial charge on any atom is -0.308 e. The molecule has 0 unspecified atom stereocenters. The van der Waals surface area contributed by atoms with Gasteiger partial charge in [0.15, 0.2) is 5.82 Å². The highest BCUT2D eigenvalue weighted by molar-refractivity contribution is 6.12. The molecule has 0 aliphatic carbocycles. The van der Waals surface area contributed by atoms with Gasteiger partial charge in [0.05, 0.1) is 63.0 Å². The molecule has 10 rings (SSSR count). The lowest BCUT2D eigenvalue weighted by atomic mass is 9.91. The Morgan fingerprint density at radius 2 is 0.852 bits per heavy atom. The van der Waals surface area contributed by atoms with Crippen LogP contribution in [0.3, 0.4) is 0 Å². The van der Waals surface area contributed by atoms with E-state index in [1.165, 1.54) is 0 Å². The number of benzene rings is 8. The van der Waals surface area contributed by atoms with Crippen molar-refractivity contribution in [2.75, 3.05) is 0 Å². The van der Waals surface area contributed by atoms with E-state index < -0.39 is 0 Å². The summed E-state index contributed by atoms with van der Waals surface area (Å²) >= 11 is 0. The average molecular weight is 777 g/mol. The molecule has 0 saturated heterocycles. The molecule has 0 atom stereocenters. The minimum absolute atomic E-state index is 0.532. The Morgan fingerprint density at radius 3 is 1.43 bits per heavy atom. The summed E-state index contributed by atoms with van der Waals surface area (Å²) in [5.41, 5.74) is 14.3. The van der Waals surface area contributed by atoms with E-state index in [0.29, 0.717) is 22.5 Å². The summed E-state index contributed by atoms with van der Waals surface area (Å²) < 4.78 is 2.30. The third kappa shape index (κ3) is 6.75. The molecule has 6 nitrogen and oxygen atoms in total. The molecule has 0 fully saturated rings. The molecule has 2 heterocycles. The Kier molecular flexibility index (Phi) is 9.24. The molecule has 6 heteroatoms. The Balaban J connectivity index is 1.32. The van der Waals surface area contributed by atoms with Crippen LogP contribution >= 0.6 is 0 Å². The van der Waals surface area contributed by atoms with E-state index in [9.17, 15) is 15.8 Å². The molecule has 0 N–H and O–H groups in total. The molecular formula is C55H32N6. The first kappa shape index (κ1) is 36.5. The van der Waals surface area contributed by atoms with Gasteiger partial charge in [0, 0.05) is 38.6 Å². The van der Waals surface area contributed by atoms with Gasteiger partial charge in [-0.1, -0.05) is 121 Å². The Bertz CT molecular complexity index is 3300. The smallest absolute Gasteiger partial charge is 0.160 e. The lowest BCUT2D eigenvalue weighted by Gasteiger charge is -2.21. The highest BCUT2D eigenvalue weighted by Gasteiger charge is 2.23. The number of aromatic nitrogens is 3. The molecule has 0 saturated carbocycles. The molecule has 0 bridgehead atoms. The minimum atomic E-state index is 0.532. The Hall–Kier alpha value is -8.89. The predicted molar refractivity (Wildman–Crippen MR) is 243 cm³/mol. The summed E-state index contributed by atoms with van der Waals surface area (Å²) in [5.74, 6) is 0.538. The number of fused-ring (bicyclic) bond motifs is 3. The third-order valence-corrected chi connectivity index (χ3v) is 11.1. The summed E-state index contributed by atoms with van der Waals surface area (Å²) in [7, 11) is 0. The van der Waals surface area contributed by atoms with Crippen LogP contribution in [0, 0.1) is 34.0 Å². The first-order valence-corrected chi connectivity index (χ1v) is 19.8. The molecular weight excluding hydrogens is 745 g/mol. The number of nitrogens with zero attached hydrogens (tertiary/aromatic N) is 6. The molecule has 282 valence electrons. The van der Waals surface area contributed by atoms with Crippen molar-refractivity contribution in [2.45, 2.75) is 0 Å². The Morgan fingerprint density at radius 1 is 0.344 bits per heavy atom.